The van der Waals surface area contributed by atoms with Crippen LogP contribution < -0.4 is 0 Å². The average Bonchev–Trinajstić information content (AvgIpc) is 1.99. The topological polar surface area (TPSA) is 9.23 Å². The van der Waals surface area contributed by atoms with Gasteiger partial charge in [-0.3, -0.25) is 0 Å². The second-order valence-electron chi connectivity index (χ2n) is 2.72. The number of hydrogen-bond donors (Lipinski definition) is 0. The van der Waals surface area contributed by atoms with Crippen molar-refractivity contribution >= 4 is 0 Å². The zero-order chi connectivity index (χ0) is 8.53. The van der Waals surface area contributed by atoms with Crippen molar-refractivity contribution in [1.82, 2.24) is 0 Å². The molecule has 0 aliphatic rings. The predicted octanol–water partition coefficient (Wildman–Crippen LogP) is 3.16. The molecule has 1 nitrogen and oxygen atoms in total. The summed E-state index contributed by atoms with van der Waals surface area (Å²) >= 11 is 0. The van der Waals surface area contributed by atoms with Gasteiger partial charge in [0.25, 0.3) is 0 Å². The van der Waals surface area contributed by atoms with Crippen LogP contribution in [0.3, 0.4) is 0 Å². The Balaban J connectivity index is 3.16. The van der Waals surface area contributed by atoms with Crippen LogP contribution in [0, 0.1) is 0 Å². The number of allylic oxidation sites excluding steroid dienone is 2. The largest absolute Gasteiger partial charge is 0.379 e. The summed E-state index contributed by atoms with van der Waals surface area (Å²) in [5.41, 5.74) is 0. The second kappa shape index (κ2) is 7.80. The van der Waals surface area contributed by atoms with Crippen LogP contribution in [-0.4, -0.2) is 12.7 Å². The summed E-state index contributed by atoms with van der Waals surface area (Å²) in [7, 11) is 0. The molecule has 0 fully saturated rings. The fourth-order valence-electron chi connectivity index (χ4n) is 0.983. The Kier molecular flexibility index (Phi) is 7.59. The predicted molar refractivity (Wildman–Crippen MR) is 49.8 cm³/mol. The van der Waals surface area contributed by atoms with Gasteiger partial charge < -0.3 is 4.74 Å². The highest BCUT2D eigenvalue weighted by atomic mass is 16.5. The second-order valence-corrected chi connectivity index (χ2v) is 2.72. The van der Waals surface area contributed by atoms with Gasteiger partial charge >= 0.3 is 0 Å². The minimum Gasteiger partial charge on any atom is -0.379 e. The van der Waals surface area contributed by atoms with E-state index in [-0.39, 0.29) is 0 Å². The van der Waals surface area contributed by atoms with Gasteiger partial charge in [-0.1, -0.05) is 19.1 Å². The molecule has 0 heterocycles. The van der Waals surface area contributed by atoms with Gasteiger partial charge in [-0.2, -0.15) is 0 Å². The van der Waals surface area contributed by atoms with E-state index in [9.17, 15) is 0 Å². The van der Waals surface area contributed by atoms with E-state index in [4.69, 9.17) is 4.74 Å². The molecular weight excluding hydrogens is 136 g/mol. The van der Waals surface area contributed by atoms with Gasteiger partial charge in [0.15, 0.2) is 0 Å². The van der Waals surface area contributed by atoms with Crippen LogP contribution >= 0.6 is 0 Å². The first kappa shape index (κ1) is 10.7. The molecule has 0 aliphatic heterocycles. The van der Waals surface area contributed by atoms with Crippen LogP contribution in [0.25, 0.3) is 0 Å². The van der Waals surface area contributed by atoms with Crippen molar-refractivity contribution in [3.8, 4) is 0 Å². The molecule has 0 spiro atoms. The van der Waals surface area contributed by atoms with Gasteiger partial charge in [0.1, 0.15) is 0 Å². The lowest BCUT2D eigenvalue weighted by molar-refractivity contribution is 0.0711. The molecule has 0 aromatic rings. The molecule has 0 aliphatic carbocycles. The monoisotopic (exact) mass is 156 g/mol. The Bertz CT molecular complexity index is 97.0. The van der Waals surface area contributed by atoms with Crippen molar-refractivity contribution in [1.29, 1.82) is 0 Å². The number of ether oxygens (including phenoxy) is 1. The van der Waals surface area contributed by atoms with Gasteiger partial charge in [-0.25, -0.2) is 0 Å². The summed E-state index contributed by atoms with van der Waals surface area (Å²) in [6.07, 6.45) is 8.29. The van der Waals surface area contributed by atoms with E-state index in [0.29, 0.717) is 6.10 Å². The van der Waals surface area contributed by atoms with Crippen LogP contribution in [0.4, 0.5) is 0 Å². The molecule has 0 aromatic carbocycles. The zero-order valence-electron chi connectivity index (χ0n) is 7.97. The SMILES string of the molecule is CC/C=C/CCC(C)OCC. The zero-order valence-corrected chi connectivity index (χ0v) is 7.97. The Hall–Kier alpha value is -0.300. The Morgan fingerprint density at radius 3 is 2.55 bits per heavy atom. The molecule has 1 unspecified atom stereocenters. The van der Waals surface area contributed by atoms with E-state index in [1.165, 1.54) is 0 Å². The van der Waals surface area contributed by atoms with Crippen LogP contribution in [0.1, 0.15) is 40.0 Å². The quantitative estimate of drug-likeness (QED) is 0.537. The van der Waals surface area contributed by atoms with E-state index < -0.39 is 0 Å². The molecule has 0 saturated carbocycles. The van der Waals surface area contributed by atoms with Crippen molar-refractivity contribution < 1.29 is 4.74 Å². The molecule has 0 aromatic heterocycles. The minimum atomic E-state index is 0.418. The first-order valence-corrected chi connectivity index (χ1v) is 4.57. The van der Waals surface area contributed by atoms with Crippen LogP contribution in [0.15, 0.2) is 12.2 Å². The fraction of sp³-hybridized carbons (Fsp3) is 0.800. The highest BCUT2D eigenvalue weighted by Crippen LogP contribution is 2.02. The molecule has 0 rings (SSSR count). The third-order valence-electron chi connectivity index (χ3n) is 1.59. The van der Waals surface area contributed by atoms with Gasteiger partial charge in [0.2, 0.25) is 0 Å². The van der Waals surface area contributed by atoms with Gasteiger partial charge in [0.05, 0.1) is 6.10 Å². The Labute approximate surface area is 70.4 Å². The summed E-state index contributed by atoms with van der Waals surface area (Å²) in [6, 6.07) is 0. The first-order chi connectivity index (χ1) is 5.31. The lowest BCUT2D eigenvalue weighted by atomic mass is 10.2. The highest BCUT2D eigenvalue weighted by Gasteiger charge is 1.96. The molecule has 0 bridgehead atoms. The van der Waals surface area contributed by atoms with E-state index in [2.05, 4.69) is 26.0 Å². The van der Waals surface area contributed by atoms with Crippen molar-refractivity contribution in [2.24, 2.45) is 0 Å². The molecule has 0 N–H and O–H groups in total. The summed E-state index contributed by atoms with van der Waals surface area (Å²) in [5.74, 6) is 0. The highest BCUT2D eigenvalue weighted by molar-refractivity contribution is 4.80. The average molecular weight is 156 g/mol. The molecule has 0 amide bonds. The Morgan fingerprint density at radius 1 is 1.27 bits per heavy atom. The smallest absolute Gasteiger partial charge is 0.0549 e. The molecule has 0 radical (unpaired) electrons. The summed E-state index contributed by atoms with van der Waals surface area (Å²) in [6.45, 7) is 7.16. The summed E-state index contributed by atoms with van der Waals surface area (Å²) in [4.78, 5) is 0. The van der Waals surface area contributed by atoms with Crippen molar-refractivity contribution in [3.05, 3.63) is 12.2 Å². The van der Waals surface area contributed by atoms with Crippen LogP contribution in [0.2, 0.25) is 0 Å². The molecular formula is C10H20O. The standard InChI is InChI=1S/C10H20O/c1-4-6-7-8-9-10(3)11-5-2/h6-7,10H,4-5,8-9H2,1-3H3/b7-6+. The molecule has 0 saturated heterocycles. The van der Waals surface area contributed by atoms with Crippen molar-refractivity contribution in [3.63, 3.8) is 0 Å². The van der Waals surface area contributed by atoms with E-state index in [0.717, 1.165) is 25.9 Å². The fourth-order valence-corrected chi connectivity index (χ4v) is 0.983. The molecule has 1 atom stereocenters. The lowest BCUT2D eigenvalue weighted by Crippen LogP contribution is -2.06. The van der Waals surface area contributed by atoms with Gasteiger partial charge in [-0.15, -0.1) is 0 Å². The minimum absolute atomic E-state index is 0.418. The maximum absolute atomic E-state index is 5.39. The maximum atomic E-state index is 5.39. The third-order valence-corrected chi connectivity index (χ3v) is 1.59. The van der Waals surface area contributed by atoms with Gasteiger partial charge in [0, 0.05) is 6.61 Å². The van der Waals surface area contributed by atoms with E-state index in [1.807, 2.05) is 6.92 Å². The molecule has 1 heteroatoms. The lowest BCUT2D eigenvalue weighted by Gasteiger charge is -2.08. The number of rotatable bonds is 6. The molecule has 11 heavy (non-hydrogen) atoms. The van der Waals surface area contributed by atoms with Gasteiger partial charge in [-0.05, 0) is 33.1 Å². The third kappa shape index (κ3) is 7.60. The van der Waals surface area contributed by atoms with Crippen LogP contribution in [-0.2, 0) is 4.74 Å². The maximum Gasteiger partial charge on any atom is 0.0549 e. The number of hydrogen-bond acceptors (Lipinski definition) is 1. The Morgan fingerprint density at radius 2 is 2.00 bits per heavy atom. The first-order valence-electron chi connectivity index (χ1n) is 4.57. The summed E-state index contributed by atoms with van der Waals surface area (Å²) < 4.78 is 5.39. The summed E-state index contributed by atoms with van der Waals surface area (Å²) in [5, 5.41) is 0. The van der Waals surface area contributed by atoms with E-state index in [1.54, 1.807) is 0 Å². The van der Waals surface area contributed by atoms with E-state index >= 15 is 0 Å². The van der Waals surface area contributed by atoms with Crippen LogP contribution in [0.5, 0.6) is 0 Å². The normalized spacial score (nSPS) is 14.1. The molecule has 66 valence electrons. The van der Waals surface area contributed by atoms with Crippen molar-refractivity contribution in [2.75, 3.05) is 6.61 Å². The van der Waals surface area contributed by atoms with Crippen molar-refractivity contribution in [2.45, 2.75) is 46.1 Å².